The first-order valence-corrected chi connectivity index (χ1v) is 5.25. The normalized spacial score (nSPS) is 10.0. The summed E-state index contributed by atoms with van der Waals surface area (Å²) < 4.78 is 0. The van der Waals surface area contributed by atoms with Gasteiger partial charge in [-0.1, -0.05) is 0 Å². The molecule has 0 radical (unpaired) electrons. The van der Waals surface area contributed by atoms with Crippen molar-refractivity contribution in [2.45, 2.75) is 6.54 Å². The van der Waals surface area contributed by atoms with E-state index in [-0.39, 0.29) is 0 Å². The Labute approximate surface area is 86.6 Å². The average molecular weight is 205 g/mol. The molecule has 14 heavy (non-hydrogen) atoms. The van der Waals surface area contributed by atoms with Crippen LogP contribution in [0.5, 0.6) is 0 Å². The van der Waals surface area contributed by atoms with Gasteiger partial charge in [0.15, 0.2) is 0 Å². The van der Waals surface area contributed by atoms with Gasteiger partial charge in [-0.05, 0) is 28.5 Å². The van der Waals surface area contributed by atoms with Gasteiger partial charge in [0.25, 0.3) is 0 Å². The van der Waals surface area contributed by atoms with Gasteiger partial charge in [0, 0.05) is 24.5 Å². The van der Waals surface area contributed by atoms with Gasteiger partial charge < -0.3 is 11.1 Å². The Kier molecular flexibility index (Phi) is 2.65. The van der Waals surface area contributed by atoms with E-state index >= 15 is 0 Å². The summed E-state index contributed by atoms with van der Waals surface area (Å²) in [6, 6.07) is 5.69. The molecule has 4 heteroatoms. The van der Waals surface area contributed by atoms with E-state index in [9.17, 15) is 0 Å². The maximum atomic E-state index is 5.63. The van der Waals surface area contributed by atoms with Gasteiger partial charge in [0.1, 0.15) is 5.82 Å². The van der Waals surface area contributed by atoms with E-state index < -0.39 is 0 Å². The van der Waals surface area contributed by atoms with Crippen molar-refractivity contribution in [1.29, 1.82) is 0 Å². The summed E-state index contributed by atoms with van der Waals surface area (Å²) in [5.41, 5.74) is 7.62. The van der Waals surface area contributed by atoms with Gasteiger partial charge in [-0.3, -0.25) is 0 Å². The molecule has 2 aromatic heterocycles. The van der Waals surface area contributed by atoms with Crippen molar-refractivity contribution >= 4 is 22.8 Å². The number of nitrogens with one attached hydrogen (secondary N) is 1. The summed E-state index contributed by atoms with van der Waals surface area (Å²) in [6.45, 7) is 0.792. The highest BCUT2D eigenvalue weighted by molar-refractivity contribution is 7.07. The topological polar surface area (TPSA) is 50.9 Å². The summed E-state index contributed by atoms with van der Waals surface area (Å²) in [5.74, 6) is 0.816. The van der Waals surface area contributed by atoms with Gasteiger partial charge >= 0.3 is 0 Å². The summed E-state index contributed by atoms with van der Waals surface area (Å²) in [7, 11) is 0. The number of hydrogen-bond donors (Lipinski definition) is 2. The molecule has 72 valence electrons. The highest BCUT2D eigenvalue weighted by Crippen LogP contribution is 2.11. The maximum absolute atomic E-state index is 5.63. The molecule has 0 aliphatic carbocycles. The number of nitrogens with two attached hydrogens (primary N) is 1. The van der Waals surface area contributed by atoms with Crippen LogP contribution in [-0.4, -0.2) is 4.98 Å². The van der Waals surface area contributed by atoms with Crippen molar-refractivity contribution in [2.75, 3.05) is 11.1 Å². The van der Waals surface area contributed by atoms with Gasteiger partial charge in [-0.15, -0.1) is 0 Å². The third-order valence-electron chi connectivity index (χ3n) is 1.84. The fourth-order valence-electron chi connectivity index (χ4n) is 1.13. The standard InChI is InChI=1S/C10H11N3S/c11-9-1-3-12-10(5-9)13-6-8-2-4-14-7-8/h1-5,7H,6H2,(H3,11,12,13). The fourth-order valence-corrected chi connectivity index (χ4v) is 1.80. The Balaban J connectivity index is 1.98. The van der Waals surface area contributed by atoms with Crippen molar-refractivity contribution in [2.24, 2.45) is 0 Å². The predicted molar refractivity (Wildman–Crippen MR) is 60.3 cm³/mol. The monoisotopic (exact) mass is 205 g/mol. The lowest BCUT2D eigenvalue weighted by Gasteiger charge is -2.03. The number of thiophene rings is 1. The molecule has 0 unspecified atom stereocenters. The molecule has 0 aliphatic rings. The predicted octanol–water partition coefficient (Wildman–Crippen LogP) is 2.34. The van der Waals surface area contributed by atoms with E-state index in [4.69, 9.17) is 5.73 Å². The maximum Gasteiger partial charge on any atom is 0.128 e. The second-order valence-electron chi connectivity index (χ2n) is 2.96. The minimum Gasteiger partial charge on any atom is -0.399 e. The van der Waals surface area contributed by atoms with Crippen LogP contribution < -0.4 is 11.1 Å². The van der Waals surface area contributed by atoms with Crippen LogP contribution in [-0.2, 0) is 6.54 Å². The molecule has 0 bridgehead atoms. The van der Waals surface area contributed by atoms with E-state index in [1.165, 1.54) is 5.56 Å². The Morgan fingerprint density at radius 1 is 1.43 bits per heavy atom. The number of aromatic nitrogens is 1. The van der Waals surface area contributed by atoms with Crippen molar-refractivity contribution in [1.82, 2.24) is 4.98 Å². The van der Waals surface area contributed by atoms with Crippen LogP contribution in [0.2, 0.25) is 0 Å². The molecule has 3 N–H and O–H groups in total. The zero-order valence-electron chi connectivity index (χ0n) is 7.60. The lowest BCUT2D eigenvalue weighted by molar-refractivity contribution is 1.12. The quantitative estimate of drug-likeness (QED) is 0.808. The largest absolute Gasteiger partial charge is 0.399 e. The van der Waals surface area contributed by atoms with E-state index in [0.29, 0.717) is 0 Å². The number of nitrogens with zero attached hydrogens (tertiary/aromatic N) is 1. The summed E-state index contributed by atoms with van der Waals surface area (Å²) in [4.78, 5) is 4.15. The fraction of sp³-hybridized carbons (Fsp3) is 0.100. The molecular weight excluding hydrogens is 194 g/mol. The van der Waals surface area contributed by atoms with Crippen LogP contribution in [0.15, 0.2) is 35.2 Å². The molecule has 0 aromatic carbocycles. The van der Waals surface area contributed by atoms with Gasteiger partial charge in [0.05, 0.1) is 0 Å². The lowest BCUT2D eigenvalue weighted by atomic mass is 10.3. The van der Waals surface area contributed by atoms with Crippen LogP contribution in [0.3, 0.4) is 0 Å². The van der Waals surface area contributed by atoms with Crippen LogP contribution in [0, 0.1) is 0 Å². The second kappa shape index (κ2) is 4.11. The first-order valence-electron chi connectivity index (χ1n) is 4.31. The van der Waals surface area contributed by atoms with Gasteiger partial charge in [-0.2, -0.15) is 11.3 Å². The Morgan fingerprint density at radius 3 is 3.07 bits per heavy atom. The molecule has 3 nitrogen and oxygen atoms in total. The van der Waals surface area contributed by atoms with E-state index in [0.717, 1.165) is 18.1 Å². The van der Waals surface area contributed by atoms with Crippen LogP contribution in [0.4, 0.5) is 11.5 Å². The Morgan fingerprint density at radius 2 is 2.36 bits per heavy atom. The minimum absolute atomic E-state index is 0.729. The molecule has 0 aliphatic heterocycles. The van der Waals surface area contributed by atoms with Crippen molar-refractivity contribution in [3.8, 4) is 0 Å². The van der Waals surface area contributed by atoms with Crippen molar-refractivity contribution in [3.05, 3.63) is 40.7 Å². The molecule has 0 amide bonds. The molecule has 0 atom stereocenters. The van der Waals surface area contributed by atoms with Crippen LogP contribution >= 0.6 is 11.3 Å². The molecular formula is C10H11N3S. The first-order chi connectivity index (χ1) is 6.84. The summed E-state index contributed by atoms with van der Waals surface area (Å²) in [5, 5.41) is 7.37. The molecule has 2 rings (SSSR count). The van der Waals surface area contributed by atoms with Gasteiger partial charge in [0.2, 0.25) is 0 Å². The summed E-state index contributed by atoms with van der Waals surface area (Å²) >= 11 is 1.69. The second-order valence-corrected chi connectivity index (χ2v) is 3.74. The molecule has 0 saturated carbocycles. The van der Waals surface area contributed by atoms with Crippen LogP contribution in [0.25, 0.3) is 0 Å². The zero-order valence-corrected chi connectivity index (χ0v) is 8.42. The van der Waals surface area contributed by atoms with Crippen molar-refractivity contribution < 1.29 is 0 Å². The van der Waals surface area contributed by atoms with E-state index in [2.05, 4.69) is 27.1 Å². The average Bonchev–Trinajstić information content (AvgIpc) is 2.67. The number of pyridine rings is 1. The summed E-state index contributed by atoms with van der Waals surface area (Å²) in [6.07, 6.45) is 1.70. The molecule has 0 saturated heterocycles. The van der Waals surface area contributed by atoms with E-state index in [1.807, 2.05) is 6.07 Å². The third kappa shape index (κ3) is 2.23. The van der Waals surface area contributed by atoms with Crippen LogP contribution in [0.1, 0.15) is 5.56 Å². The third-order valence-corrected chi connectivity index (χ3v) is 2.57. The Bertz CT molecular complexity index is 398. The molecule has 2 heterocycles. The smallest absolute Gasteiger partial charge is 0.128 e. The molecule has 0 fully saturated rings. The van der Waals surface area contributed by atoms with E-state index in [1.54, 1.807) is 23.6 Å². The number of anilines is 2. The number of nitrogen functional groups attached to an aromatic ring is 1. The number of hydrogen-bond acceptors (Lipinski definition) is 4. The molecule has 2 aromatic rings. The molecule has 0 spiro atoms. The Hall–Kier alpha value is -1.55. The first kappa shape index (κ1) is 9.02. The highest BCUT2D eigenvalue weighted by atomic mass is 32.1. The SMILES string of the molecule is Nc1ccnc(NCc2ccsc2)c1. The van der Waals surface area contributed by atoms with Crippen molar-refractivity contribution in [3.63, 3.8) is 0 Å². The lowest BCUT2D eigenvalue weighted by Crippen LogP contribution is -2.00. The highest BCUT2D eigenvalue weighted by Gasteiger charge is 1.95. The van der Waals surface area contributed by atoms with Gasteiger partial charge in [-0.25, -0.2) is 4.98 Å². The minimum atomic E-state index is 0.729. The number of rotatable bonds is 3. The zero-order chi connectivity index (χ0) is 9.80.